The Balaban J connectivity index is 1.31. The van der Waals surface area contributed by atoms with Gasteiger partial charge in [-0.2, -0.15) is 0 Å². The number of carbonyl (C=O) groups excluding carboxylic acids is 1. The fraction of sp³-hybridized carbons (Fsp3) is 0.208. The van der Waals surface area contributed by atoms with E-state index in [0.29, 0.717) is 31.1 Å². The molecule has 3 heterocycles. The zero-order chi connectivity index (χ0) is 21.2. The summed E-state index contributed by atoms with van der Waals surface area (Å²) in [5, 5.41) is 3.03. The molecule has 2 aromatic heterocycles. The van der Waals surface area contributed by atoms with Crippen molar-refractivity contribution in [3.05, 3.63) is 76.8 Å². The summed E-state index contributed by atoms with van der Waals surface area (Å²) in [6, 6.07) is 19.5. The van der Waals surface area contributed by atoms with Crippen LogP contribution in [0.2, 0.25) is 0 Å². The number of thiophene rings is 1. The van der Waals surface area contributed by atoms with Crippen molar-refractivity contribution in [1.29, 1.82) is 0 Å². The number of benzene rings is 2. The fourth-order valence-electron chi connectivity index (χ4n) is 3.69. The molecule has 0 unspecified atom stereocenters. The number of amides is 1. The van der Waals surface area contributed by atoms with Crippen LogP contribution in [0.25, 0.3) is 10.2 Å². The average molecular weight is 435 g/mol. The van der Waals surface area contributed by atoms with Gasteiger partial charge in [-0.1, -0.05) is 24.3 Å². The first-order chi connectivity index (χ1) is 15.2. The summed E-state index contributed by atoms with van der Waals surface area (Å²) in [7, 11) is 0. The number of nitrogens with one attached hydrogen (secondary N) is 1. The molecule has 1 aliphatic rings. The number of para-hydroxylation sites is 1. The molecule has 0 spiro atoms. The van der Waals surface area contributed by atoms with Crippen molar-refractivity contribution in [2.24, 2.45) is 0 Å². The number of ether oxygens (including phenoxy) is 3. The molecule has 1 amide bonds. The van der Waals surface area contributed by atoms with Gasteiger partial charge in [0, 0.05) is 11.4 Å². The monoisotopic (exact) mass is 434 g/mol. The molecule has 0 bridgehead atoms. The summed E-state index contributed by atoms with van der Waals surface area (Å²) < 4.78 is 19.8. The summed E-state index contributed by atoms with van der Waals surface area (Å²) in [5.74, 6) is 2.15. The minimum Gasteiger partial charge on any atom is -0.492 e. The van der Waals surface area contributed by atoms with E-state index in [1.54, 1.807) is 11.3 Å². The largest absolute Gasteiger partial charge is 0.492 e. The number of aryl methyl sites for hydroxylation is 1. The number of carbonyl (C=O) groups is 1. The second kappa shape index (κ2) is 8.35. The standard InChI is InChI=1S/C24H22N2O4S/c1-16-11-19-23(31-16)13-20(26(19)9-10-28-18-5-3-2-4-6-18)24(27)25-14-17-7-8-21-22(12-17)30-15-29-21/h2-8,11-13H,9-10,14-15H2,1H3,(H,25,27). The highest BCUT2D eigenvalue weighted by Crippen LogP contribution is 2.32. The van der Waals surface area contributed by atoms with Crippen LogP contribution in [0.3, 0.4) is 0 Å². The maximum absolute atomic E-state index is 13.0. The Labute approximate surface area is 184 Å². The molecular weight excluding hydrogens is 412 g/mol. The lowest BCUT2D eigenvalue weighted by Crippen LogP contribution is -2.26. The molecule has 1 N–H and O–H groups in total. The van der Waals surface area contributed by atoms with Crippen molar-refractivity contribution in [2.45, 2.75) is 20.0 Å². The van der Waals surface area contributed by atoms with Gasteiger partial charge in [0.2, 0.25) is 6.79 Å². The Morgan fingerprint density at radius 1 is 1.10 bits per heavy atom. The molecule has 4 aromatic rings. The second-order valence-corrected chi connectivity index (χ2v) is 8.61. The number of fused-ring (bicyclic) bond motifs is 2. The van der Waals surface area contributed by atoms with Gasteiger partial charge in [-0.25, -0.2) is 0 Å². The maximum Gasteiger partial charge on any atom is 0.268 e. The molecule has 6 nitrogen and oxygen atoms in total. The SMILES string of the molecule is Cc1cc2c(cc(C(=O)NCc3ccc4c(c3)OCO4)n2CCOc2ccccc2)s1. The molecule has 0 atom stereocenters. The summed E-state index contributed by atoms with van der Waals surface area (Å²) in [4.78, 5) is 14.3. The lowest BCUT2D eigenvalue weighted by atomic mass is 10.2. The van der Waals surface area contributed by atoms with Gasteiger partial charge in [0.25, 0.3) is 5.91 Å². The van der Waals surface area contributed by atoms with E-state index in [1.165, 1.54) is 4.88 Å². The van der Waals surface area contributed by atoms with Crippen molar-refractivity contribution >= 4 is 27.5 Å². The van der Waals surface area contributed by atoms with Crippen molar-refractivity contribution in [1.82, 2.24) is 9.88 Å². The van der Waals surface area contributed by atoms with Gasteiger partial charge in [0.05, 0.1) is 16.8 Å². The lowest BCUT2D eigenvalue weighted by Gasteiger charge is -2.12. The first kappa shape index (κ1) is 19.5. The van der Waals surface area contributed by atoms with E-state index in [-0.39, 0.29) is 12.7 Å². The van der Waals surface area contributed by atoms with Crippen molar-refractivity contribution in [3.63, 3.8) is 0 Å². The minimum absolute atomic E-state index is 0.113. The Kier molecular flexibility index (Phi) is 5.26. The van der Waals surface area contributed by atoms with E-state index >= 15 is 0 Å². The topological polar surface area (TPSA) is 61.7 Å². The van der Waals surface area contributed by atoms with E-state index in [2.05, 4.69) is 18.3 Å². The number of hydrogen-bond acceptors (Lipinski definition) is 5. The van der Waals surface area contributed by atoms with Gasteiger partial charge in [0.15, 0.2) is 11.5 Å². The molecule has 1 aliphatic heterocycles. The lowest BCUT2D eigenvalue weighted by molar-refractivity contribution is 0.0941. The highest BCUT2D eigenvalue weighted by molar-refractivity contribution is 7.19. The Hall–Kier alpha value is -3.45. The van der Waals surface area contributed by atoms with Crippen LogP contribution in [0.5, 0.6) is 17.2 Å². The van der Waals surface area contributed by atoms with Crippen LogP contribution in [-0.2, 0) is 13.1 Å². The Morgan fingerprint density at radius 3 is 2.81 bits per heavy atom. The molecule has 0 saturated heterocycles. The molecular formula is C24H22N2O4S. The molecule has 5 rings (SSSR count). The van der Waals surface area contributed by atoms with Gasteiger partial charge < -0.3 is 24.1 Å². The average Bonchev–Trinajstić information content (AvgIpc) is 3.47. The Bertz CT molecular complexity index is 1230. The first-order valence-corrected chi connectivity index (χ1v) is 10.9. The predicted molar refractivity (Wildman–Crippen MR) is 120 cm³/mol. The first-order valence-electron chi connectivity index (χ1n) is 10.1. The van der Waals surface area contributed by atoms with E-state index in [1.807, 2.05) is 59.2 Å². The summed E-state index contributed by atoms with van der Waals surface area (Å²) in [5.41, 5.74) is 2.66. The highest BCUT2D eigenvalue weighted by Gasteiger charge is 2.18. The van der Waals surface area contributed by atoms with Crippen LogP contribution in [-0.4, -0.2) is 23.9 Å². The van der Waals surface area contributed by atoms with Crippen molar-refractivity contribution < 1.29 is 19.0 Å². The van der Waals surface area contributed by atoms with Crippen LogP contribution in [0.1, 0.15) is 20.9 Å². The van der Waals surface area contributed by atoms with Gasteiger partial charge in [-0.15, -0.1) is 11.3 Å². The number of nitrogens with zero attached hydrogens (tertiary/aromatic N) is 1. The smallest absolute Gasteiger partial charge is 0.268 e. The van der Waals surface area contributed by atoms with Crippen LogP contribution in [0, 0.1) is 6.92 Å². The molecule has 7 heteroatoms. The van der Waals surface area contributed by atoms with Crippen molar-refractivity contribution in [3.8, 4) is 17.2 Å². The zero-order valence-electron chi connectivity index (χ0n) is 17.1. The van der Waals surface area contributed by atoms with Gasteiger partial charge in [-0.3, -0.25) is 4.79 Å². The molecule has 2 aromatic carbocycles. The normalized spacial score (nSPS) is 12.3. The van der Waals surface area contributed by atoms with Gasteiger partial charge >= 0.3 is 0 Å². The third-order valence-corrected chi connectivity index (χ3v) is 6.15. The Morgan fingerprint density at radius 2 is 1.94 bits per heavy atom. The number of rotatable bonds is 7. The van der Waals surface area contributed by atoms with E-state index < -0.39 is 0 Å². The summed E-state index contributed by atoms with van der Waals surface area (Å²) in [6.45, 7) is 3.79. The van der Waals surface area contributed by atoms with Gasteiger partial charge in [0.1, 0.15) is 18.1 Å². The molecule has 0 radical (unpaired) electrons. The van der Waals surface area contributed by atoms with E-state index in [0.717, 1.165) is 27.3 Å². The number of hydrogen-bond donors (Lipinski definition) is 1. The van der Waals surface area contributed by atoms with Crippen LogP contribution in [0.15, 0.2) is 60.7 Å². The van der Waals surface area contributed by atoms with E-state index in [9.17, 15) is 4.79 Å². The summed E-state index contributed by atoms with van der Waals surface area (Å²) >= 11 is 1.69. The fourth-order valence-corrected chi connectivity index (χ4v) is 4.65. The molecule has 0 saturated carbocycles. The molecule has 0 aliphatic carbocycles. The van der Waals surface area contributed by atoms with E-state index in [4.69, 9.17) is 14.2 Å². The van der Waals surface area contributed by atoms with Crippen LogP contribution < -0.4 is 19.5 Å². The zero-order valence-corrected chi connectivity index (χ0v) is 17.9. The predicted octanol–water partition coefficient (Wildman–Crippen LogP) is 4.75. The molecule has 31 heavy (non-hydrogen) atoms. The number of aromatic nitrogens is 1. The third kappa shape index (κ3) is 4.09. The maximum atomic E-state index is 13.0. The quantitative estimate of drug-likeness (QED) is 0.456. The molecule has 0 fully saturated rings. The van der Waals surface area contributed by atoms with Crippen LogP contribution in [0.4, 0.5) is 0 Å². The third-order valence-electron chi connectivity index (χ3n) is 5.16. The van der Waals surface area contributed by atoms with Crippen LogP contribution >= 0.6 is 11.3 Å². The summed E-state index contributed by atoms with van der Waals surface area (Å²) in [6.07, 6.45) is 0. The molecule has 158 valence electrons. The highest BCUT2D eigenvalue weighted by atomic mass is 32.1. The van der Waals surface area contributed by atoms with Gasteiger partial charge in [-0.05, 0) is 48.9 Å². The second-order valence-electron chi connectivity index (χ2n) is 7.32. The van der Waals surface area contributed by atoms with Crippen molar-refractivity contribution in [2.75, 3.05) is 13.4 Å². The minimum atomic E-state index is -0.113.